The van der Waals surface area contributed by atoms with Crippen LogP contribution in [0, 0.1) is 13.8 Å². The van der Waals surface area contributed by atoms with Crippen LogP contribution in [0.2, 0.25) is 0 Å². The number of thioether (sulfide) groups is 1. The van der Waals surface area contributed by atoms with Gasteiger partial charge in [-0.15, -0.1) is 21.5 Å². The summed E-state index contributed by atoms with van der Waals surface area (Å²) in [5.74, 6) is 0.844. The Morgan fingerprint density at radius 1 is 1.26 bits per heavy atom. The molecular formula is C21H24N6O2S2. The highest BCUT2D eigenvalue weighted by Gasteiger charge is 2.34. The standard InChI is InChI=1S/C21H24N6O2S2/c1-13-7-4-5-8-15(13)19(29)27-10-6-9-16(27)18-24-25-21(26(18)3)31-12-17(28)23-20-22-14(2)11-30-20/h4-5,7-8,11,16H,6,9-10,12H2,1-3H3,(H,22,23,28). The Bertz CT molecular complexity index is 1110. The van der Waals surface area contributed by atoms with Crippen molar-refractivity contribution in [1.29, 1.82) is 0 Å². The summed E-state index contributed by atoms with van der Waals surface area (Å²) in [6.45, 7) is 4.54. The first-order chi connectivity index (χ1) is 14.9. The molecule has 1 unspecified atom stereocenters. The van der Waals surface area contributed by atoms with Gasteiger partial charge in [0, 0.05) is 24.5 Å². The second kappa shape index (κ2) is 9.19. The number of hydrogen-bond acceptors (Lipinski definition) is 7. The number of benzene rings is 1. The Balaban J connectivity index is 1.44. The lowest BCUT2D eigenvalue weighted by Gasteiger charge is -2.24. The molecule has 0 saturated carbocycles. The molecule has 0 aliphatic carbocycles. The van der Waals surface area contributed by atoms with Crippen LogP contribution in [0.15, 0.2) is 34.8 Å². The van der Waals surface area contributed by atoms with Crippen LogP contribution >= 0.6 is 23.1 Å². The highest BCUT2D eigenvalue weighted by atomic mass is 32.2. The van der Waals surface area contributed by atoms with Crippen LogP contribution in [-0.4, -0.2) is 48.8 Å². The van der Waals surface area contributed by atoms with Crippen LogP contribution in [0.5, 0.6) is 0 Å². The summed E-state index contributed by atoms with van der Waals surface area (Å²) in [7, 11) is 1.88. The fourth-order valence-corrected chi connectivity index (χ4v) is 5.11. The average molecular weight is 457 g/mol. The van der Waals surface area contributed by atoms with Gasteiger partial charge in [-0.1, -0.05) is 30.0 Å². The zero-order valence-electron chi connectivity index (χ0n) is 17.7. The molecule has 1 aliphatic rings. The molecule has 3 heterocycles. The number of hydrogen-bond donors (Lipinski definition) is 1. The fraction of sp³-hybridized carbons (Fsp3) is 0.381. The van der Waals surface area contributed by atoms with Gasteiger partial charge in [-0.05, 0) is 38.3 Å². The summed E-state index contributed by atoms with van der Waals surface area (Å²) in [5.41, 5.74) is 2.57. The van der Waals surface area contributed by atoms with Crippen LogP contribution in [0.3, 0.4) is 0 Å². The minimum absolute atomic E-state index is 0.0240. The number of nitrogens with zero attached hydrogens (tertiary/aromatic N) is 5. The number of carbonyl (C=O) groups excluding carboxylic acids is 2. The smallest absolute Gasteiger partial charge is 0.254 e. The van der Waals surface area contributed by atoms with E-state index in [9.17, 15) is 9.59 Å². The first-order valence-electron chi connectivity index (χ1n) is 10.0. The van der Waals surface area contributed by atoms with E-state index in [-0.39, 0.29) is 23.6 Å². The highest BCUT2D eigenvalue weighted by Crippen LogP contribution is 2.33. The van der Waals surface area contributed by atoms with Crippen LogP contribution in [0.4, 0.5) is 5.13 Å². The Morgan fingerprint density at radius 3 is 2.81 bits per heavy atom. The van der Waals surface area contributed by atoms with Crippen LogP contribution in [-0.2, 0) is 11.8 Å². The molecular weight excluding hydrogens is 432 g/mol. The van der Waals surface area contributed by atoms with Gasteiger partial charge in [-0.3, -0.25) is 9.59 Å². The molecule has 0 spiro atoms. The lowest BCUT2D eigenvalue weighted by atomic mass is 10.1. The lowest BCUT2D eigenvalue weighted by molar-refractivity contribution is -0.113. The molecule has 1 aromatic carbocycles. The minimum Gasteiger partial charge on any atom is -0.328 e. The topological polar surface area (TPSA) is 93.0 Å². The fourth-order valence-electron chi connectivity index (χ4n) is 3.68. The number of carbonyl (C=O) groups is 2. The molecule has 3 aromatic rings. The zero-order chi connectivity index (χ0) is 22.0. The molecule has 1 fully saturated rings. The molecule has 0 bridgehead atoms. The van der Waals surface area contributed by atoms with Crippen molar-refractivity contribution in [2.75, 3.05) is 17.6 Å². The minimum atomic E-state index is -0.138. The number of thiazole rings is 1. The maximum atomic E-state index is 13.2. The molecule has 31 heavy (non-hydrogen) atoms. The van der Waals surface area contributed by atoms with E-state index in [1.54, 1.807) is 0 Å². The molecule has 1 aliphatic heterocycles. The molecule has 0 radical (unpaired) electrons. The molecule has 1 N–H and O–H groups in total. The monoisotopic (exact) mass is 456 g/mol. The molecule has 162 valence electrons. The van der Waals surface area contributed by atoms with Gasteiger partial charge in [-0.2, -0.15) is 0 Å². The van der Waals surface area contributed by atoms with Crippen molar-refractivity contribution in [1.82, 2.24) is 24.6 Å². The Labute approximate surface area is 189 Å². The molecule has 2 amide bonds. The summed E-state index contributed by atoms with van der Waals surface area (Å²) < 4.78 is 1.89. The van der Waals surface area contributed by atoms with E-state index >= 15 is 0 Å². The number of amides is 2. The van der Waals surface area contributed by atoms with Crippen molar-refractivity contribution in [3.63, 3.8) is 0 Å². The number of rotatable bonds is 6. The molecule has 8 nitrogen and oxygen atoms in total. The van der Waals surface area contributed by atoms with E-state index < -0.39 is 0 Å². The Hall–Kier alpha value is -2.72. The molecule has 1 atom stereocenters. The number of aromatic nitrogens is 4. The van der Waals surface area contributed by atoms with E-state index in [4.69, 9.17) is 0 Å². The normalized spacial score (nSPS) is 16.0. The van der Waals surface area contributed by atoms with Gasteiger partial charge in [0.2, 0.25) is 5.91 Å². The summed E-state index contributed by atoms with van der Waals surface area (Å²) in [6.07, 6.45) is 1.77. The van der Waals surface area contributed by atoms with Gasteiger partial charge in [0.25, 0.3) is 5.91 Å². The summed E-state index contributed by atoms with van der Waals surface area (Å²) in [4.78, 5) is 31.5. The third-order valence-electron chi connectivity index (χ3n) is 5.25. The van der Waals surface area contributed by atoms with E-state index in [1.807, 2.05) is 60.0 Å². The maximum absolute atomic E-state index is 13.2. The van der Waals surface area contributed by atoms with Crippen molar-refractivity contribution < 1.29 is 9.59 Å². The van der Waals surface area contributed by atoms with Gasteiger partial charge in [-0.25, -0.2) is 4.98 Å². The maximum Gasteiger partial charge on any atom is 0.254 e. The predicted octanol–water partition coefficient (Wildman–Crippen LogP) is 3.60. The lowest BCUT2D eigenvalue weighted by Crippen LogP contribution is -2.32. The molecule has 2 aromatic heterocycles. The second-order valence-corrected chi connectivity index (χ2v) is 9.30. The molecule has 10 heteroatoms. The van der Waals surface area contributed by atoms with Crippen molar-refractivity contribution in [2.24, 2.45) is 7.05 Å². The van der Waals surface area contributed by atoms with E-state index in [0.717, 1.165) is 35.5 Å². The SMILES string of the molecule is Cc1csc(NC(=O)CSc2nnc(C3CCCN3C(=O)c3ccccc3C)n2C)n1. The zero-order valence-corrected chi connectivity index (χ0v) is 19.3. The van der Waals surface area contributed by atoms with Crippen molar-refractivity contribution in [3.8, 4) is 0 Å². The van der Waals surface area contributed by atoms with E-state index in [2.05, 4.69) is 20.5 Å². The quantitative estimate of drug-likeness (QED) is 0.570. The Morgan fingerprint density at radius 2 is 2.06 bits per heavy atom. The predicted molar refractivity (Wildman–Crippen MR) is 121 cm³/mol. The average Bonchev–Trinajstić information content (AvgIpc) is 3.46. The van der Waals surface area contributed by atoms with Crippen LogP contribution < -0.4 is 5.32 Å². The summed E-state index contributed by atoms with van der Waals surface area (Å²) in [5, 5.41) is 14.6. The molecule has 1 saturated heterocycles. The van der Waals surface area contributed by atoms with Crippen molar-refractivity contribution in [3.05, 3.63) is 52.3 Å². The van der Waals surface area contributed by atoms with Crippen LogP contribution in [0.25, 0.3) is 0 Å². The van der Waals surface area contributed by atoms with Gasteiger partial charge >= 0.3 is 0 Å². The molecule has 4 rings (SSSR count). The number of aryl methyl sites for hydroxylation is 2. The van der Waals surface area contributed by atoms with Gasteiger partial charge in [0.1, 0.15) is 0 Å². The van der Waals surface area contributed by atoms with Crippen LogP contribution in [0.1, 0.15) is 46.3 Å². The van der Waals surface area contributed by atoms with Gasteiger partial charge in [0.15, 0.2) is 16.1 Å². The van der Waals surface area contributed by atoms with Crippen molar-refractivity contribution in [2.45, 2.75) is 37.9 Å². The largest absolute Gasteiger partial charge is 0.328 e. The van der Waals surface area contributed by atoms with Crippen molar-refractivity contribution >= 4 is 40.0 Å². The van der Waals surface area contributed by atoms with Gasteiger partial charge < -0.3 is 14.8 Å². The van der Waals surface area contributed by atoms with E-state index in [1.165, 1.54) is 23.1 Å². The van der Waals surface area contributed by atoms with Gasteiger partial charge in [0.05, 0.1) is 17.5 Å². The number of likely N-dealkylation sites (tertiary alicyclic amines) is 1. The van der Waals surface area contributed by atoms with E-state index in [0.29, 0.717) is 16.8 Å². The Kier molecular flexibility index (Phi) is 6.38. The summed E-state index contributed by atoms with van der Waals surface area (Å²) >= 11 is 2.72. The summed E-state index contributed by atoms with van der Waals surface area (Å²) in [6, 6.07) is 7.53. The highest BCUT2D eigenvalue weighted by molar-refractivity contribution is 7.99. The number of nitrogens with one attached hydrogen (secondary N) is 1. The second-order valence-electron chi connectivity index (χ2n) is 7.50. The third kappa shape index (κ3) is 4.64. The third-order valence-corrected chi connectivity index (χ3v) is 7.15. The first kappa shape index (κ1) is 21.5. The first-order valence-corrected chi connectivity index (χ1v) is 11.9. The number of anilines is 1.